The van der Waals surface area contributed by atoms with Crippen LogP contribution in [0.2, 0.25) is 0 Å². The number of fused-ring (bicyclic) bond motifs is 1. The summed E-state index contributed by atoms with van der Waals surface area (Å²) in [5.74, 6) is -0.661. The molecule has 34 heavy (non-hydrogen) atoms. The van der Waals surface area contributed by atoms with Gasteiger partial charge in [0, 0.05) is 37.7 Å². The largest absolute Gasteiger partial charge is 0.468 e. The molecular formula is C28H46N2O4. The van der Waals surface area contributed by atoms with E-state index in [4.69, 9.17) is 4.74 Å². The molecule has 0 N–H and O–H groups in total. The number of ether oxygens (including phenoxy) is 1. The first-order valence-corrected chi connectivity index (χ1v) is 13.6. The van der Waals surface area contributed by atoms with Crippen LogP contribution in [0.5, 0.6) is 0 Å². The van der Waals surface area contributed by atoms with E-state index < -0.39 is 11.3 Å². The Balaban J connectivity index is 1.84. The van der Waals surface area contributed by atoms with E-state index in [2.05, 4.69) is 26.8 Å². The van der Waals surface area contributed by atoms with Crippen LogP contribution in [0.3, 0.4) is 0 Å². The van der Waals surface area contributed by atoms with E-state index in [0.717, 1.165) is 57.3 Å². The summed E-state index contributed by atoms with van der Waals surface area (Å²) in [6, 6.07) is 0. The van der Waals surface area contributed by atoms with Gasteiger partial charge in [-0.15, -0.1) is 0 Å². The zero-order valence-corrected chi connectivity index (χ0v) is 22.0. The van der Waals surface area contributed by atoms with Gasteiger partial charge in [0.2, 0.25) is 11.8 Å². The number of hydrogen-bond donors (Lipinski definition) is 0. The number of methoxy groups -OCH3 is 1. The Hall–Kier alpha value is -1.85. The van der Waals surface area contributed by atoms with Crippen molar-refractivity contribution in [2.24, 2.45) is 16.7 Å². The molecule has 192 valence electrons. The molecule has 2 amide bonds. The molecule has 3 aliphatic rings. The van der Waals surface area contributed by atoms with Gasteiger partial charge in [-0.3, -0.25) is 14.4 Å². The van der Waals surface area contributed by atoms with Gasteiger partial charge < -0.3 is 14.5 Å². The third-order valence-electron chi connectivity index (χ3n) is 8.06. The molecule has 2 atom stereocenters. The number of nitrogens with zero attached hydrogens (tertiary/aromatic N) is 2. The van der Waals surface area contributed by atoms with E-state index in [0.29, 0.717) is 19.4 Å². The van der Waals surface area contributed by atoms with Crippen LogP contribution in [0.1, 0.15) is 104 Å². The number of rotatable bonds is 10. The molecule has 3 rings (SSSR count). The molecule has 0 radical (unpaired) electrons. The second-order valence-electron chi connectivity index (χ2n) is 11.5. The molecule has 0 bridgehead atoms. The fraction of sp³-hybridized carbons (Fsp3) is 0.821. The van der Waals surface area contributed by atoms with Gasteiger partial charge in [-0.2, -0.15) is 0 Å². The molecule has 0 aromatic carbocycles. The molecule has 1 aliphatic carbocycles. The average molecular weight is 475 g/mol. The van der Waals surface area contributed by atoms with Gasteiger partial charge in [-0.1, -0.05) is 59.0 Å². The Morgan fingerprint density at radius 3 is 2.41 bits per heavy atom. The first-order chi connectivity index (χ1) is 16.2. The quantitative estimate of drug-likeness (QED) is 0.311. The van der Waals surface area contributed by atoms with Crippen LogP contribution in [0.15, 0.2) is 11.8 Å². The standard InChI is InChI=1S/C28H46N2O4/c1-5-6-7-8-9-13-18-30-23-14-15-27(2,3)21-28(23,26(33)34-4)20-22(25(30)32)19-24(31)29-16-11-10-12-17-29/h14,22H,5-13,15-21H2,1-4H3/t22-,28-/m1/s1. The number of hydrogen-bond acceptors (Lipinski definition) is 4. The van der Waals surface area contributed by atoms with Crippen LogP contribution in [0.4, 0.5) is 0 Å². The molecule has 2 fully saturated rings. The maximum atomic E-state index is 13.7. The number of allylic oxidation sites excluding steroid dienone is 1. The third kappa shape index (κ3) is 6.04. The number of esters is 1. The van der Waals surface area contributed by atoms with Crippen LogP contribution >= 0.6 is 0 Å². The third-order valence-corrected chi connectivity index (χ3v) is 8.06. The zero-order valence-electron chi connectivity index (χ0n) is 22.0. The van der Waals surface area contributed by atoms with Crippen LogP contribution in [-0.2, 0) is 19.1 Å². The molecular weight excluding hydrogens is 428 g/mol. The Labute approximate surface area is 206 Å². The van der Waals surface area contributed by atoms with Gasteiger partial charge in [0.1, 0.15) is 5.41 Å². The number of carbonyl (C=O) groups excluding carboxylic acids is 3. The predicted molar refractivity (Wildman–Crippen MR) is 134 cm³/mol. The van der Waals surface area contributed by atoms with E-state index in [1.807, 2.05) is 9.80 Å². The molecule has 2 saturated heterocycles. The SMILES string of the molecule is CCCCCCCCN1C(=O)[C@H](CC(=O)N2CCCCC2)C[C@@]2(C(=O)OC)CC(C)(C)CC=C12. The highest BCUT2D eigenvalue weighted by Crippen LogP contribution is 2.54. The molecule has 0 aromatic rings. The minimum absolute atomic E-state index is 0.0180. The maximum absolute atomic E-state index is 13.7. The summed E-state index contributed by atoms with van der Waals surface area (Å²) in [7, 11) is 1.44. The Morgan fingerprint density at radius 1 is 1.06 bits per heavy atom. The molecule has 0 aromatic heterocycles. The van der Waals surface area contributed by atoms with Gasteiger partial charge in [0.15, 0.2) is 0 Å². The number of unbranched alkanes of at least 4 members (excludes halogenated alkanes) is 5. The number of likely N-dealkylation sites (tertiary alicyclic amines) is 2. The zero-order chi connectivity index (χ0) is 24.8. The lowest BCUT2D eigenvalue weighted by atomic mass is 9.59. The van der Waals surface area contributed by atoms with Crippen LogP contribution in [-0.4, -0.2) is 54.3 Å². The number of amides is 2. The van der Waals surface area contributed by atoms with Gasteiger partial charge in [0.05, 0.1) is 7.11 Å². The molecule has 2 heterocycles. The van der Waals surface area contributed by atoms with Crippen molar-refractivity contribution in [3.05, 3.63) is 11.8 Å². The molecule has 0 unspecified atom stereocenters. The highest BCUT2D eigenvalue weighted by Gasteiger charge is 2.57. The molecule has 6 heteroatoms. The van der Waals surface area contributed by atoms with Gasteiger partial charge in [-0.05, 0) is 50.4 Å². The molecule has 0 saturated carbocycles. The molecule has 0 spiro atoms. The summed E-state index contributed by atoms with van der Waals surface area (Å²) in [5, 5.41) is 0. The lowest BCUT2D eigenvalue weighted by molar-refractivity contribution is -0.163. The summed E-state index contributed by atoms with van der Waals surface area (Å²) in [4.78, 5) is 44.0. The van der Waals surface area contributed by atoms with E-state index in [-0.39, 0.29) is 29.6 Å². The van der Waals surface area contributed by atoms with E-state index >= 15 is 0 Å². The van der Waals surface area contributed by atoms with Crippen molar-refractivity contribution in [1.82, 2.24) is 9.80 Å². The number of carbonyl (C=O) groups is 3. The summed E-state index contributed by atoms with van der Waals surface area (Å²) in [6.45, 7) is 8.73. The van der Waals surface area contributed by atoms with Crippen LogP contribution < -0.4 is 0 Å². The Kier molecular flexibility index (Phi) is 9.22. The highest BCUT2D eigenvalue weighted by atomic mass is 16.5. The van der Waals surface area contributed by atoms with Crippen molar-refractivity contribution in [3.8, 4) is 0 Å². The minimum atomic E-state index is -0.848. The van der Waals surface area contributed by atoms with Crippen molar-refractivity contribution in [2.45, 2.75) is 104 Å². The lowest BCUT2D eigenvalue weighted by Crippen LogP contribution is -2.56. The highest BCUT2D eigenvalue weighted by molar-refractivity contribution is 5.92. The van der Waals surface area contributed by atoms with Crippen molar-refractivity contribution in [1.29, 1.82) is 0 Å². The molecule has 6 nitrogen and oxygen atoms in total. The van der Waals surface area contributed by atoms with E-state index in [9.17, 15) is 14.4 Å². The summed E-state index contributed by atoms with van der Waals surface area (Å²) >= 11 is 0. The predicted octanol–water partition coefficient (Wildman–Crippen LogP) is 5.46. The normalized spacial score (nSPS) is 26.6. The minimum Gasteiger partial charge on any atom is -0.468 e. The van der Waals surface area contributed by atoms with Crippen LogP contribution in [0, 0.1) is 16.7 Å². The maximum Gasteiger partial charge on any atom is 0.317 e. The van der Waals surface area contributed by atoms with Gasteiger partial charge in [0.25, 0.3) is 0 Å². The topological polar surface area (TPSA) is 66.9 Å². The fourth-order valence-corrected chi connectivity index (χ4v) is 6.32. The monoisotopic (exact) mass is 474 g/mol. The average Bonchev–Trinajstić information content (AvgIpc) is 2.82. The Bertz CT molecular complexity index is 768. The van der Waals surface area contributed by atoms with Gasteiger partial charge >= 0.3 is 5.97 Å². The van der Waals surface area contributed by atoms with Crippen LogP contribution in [0.25, 0.3) is 0 Å². The van der Waals surface area contributed by atoms with Crippen molar-refractivity contribution >= 4 is 17.8 Å². The fourth-order valence-electron chi connectivity index (χ4n) is 6.32. The summed E-state index contributed by atoms with van der Waals surface area (Å²) in [6.07, 6.45) is 14.2. The Morgan fingerprint density at radius 2 is 1.74 bits per heavy atom. The van der Waals surface area contributed by atoms with E-state index in [1.54, 1.807) is 0 Å². The van der Waals surface area contributed by atoms with Gasteiger partial charge in [-0.25, -0.2) is 0 Å². The smallest absolute Gasteiger partial charge is 0.317 e. The lowest BCUT2D eigenvalue weighted by Gasteiger charge is -2.51. The second kappa shape index (κ2) is 11.7. The summed E-state index contributed by atoms with van der Waals surface area (Å²) in [5.41, 5.74) is -0.0796. The number of piperidine rings is 2. The summed E-state index contributed by atoms with van der Waals surface area (Å²) < 4.78 is 5.35. The first-order valence-electron chi connectivity index (χ1n) is 13.6. The molecule has 2 aliphatic heterocycles. The van der Waals surface area contributed by atoms with E-state index in [1.165, 1.54) is 32.8 Å². The van der Waals surface area contributed by atoms with Crippen molar-refractivity contribution < 1.29 is 19.1 Å². The van der Waals surface area contributed by atoms with Crippen molar-refractivity contribution in [2.75, 3.05) is 26.7 Å². The second-order valence-corrected chi connectivity index (χ2v) is 11.5. The van der Waals surface area contributed by atoms with Crippen molar-refractivity contribution in [3.63, 3.8) is 0 Å². The first kappa shape index (κ1) is 26.7.